The Hall–Kier alpha value is -2.25. The van der Waals surface area contributed by atoms with Crippen LogP contribution < -0.4 is 9.04 Å². The number of halogens is 1. The molecule has 0 saturated carbocycles. The van der Waals surface area contributed by atoms with Gasteiger partial charge in [0.2, 0.25) is 0 Å². The van der Waals surface area contributed by atoms with E-state index in [9.17, 15) is 13.2 Å². The van der Waals surface area contributed by atoms with Crippen molar-refractivity contribution in [2.45, 2.75) is 24.2 Å². The molecule has 0 aliphatic carbocycles. The molecule has 0 saturated heterocycles. The van der Waals surface area contributed by atoms with Gasteiger partial charge in [0.1, 0.15) is 10.6 Å². The Morgan fingerprint density at radius 3 is 2.59 bits per heavy atom. The first-order valence-electron chi connectivity index (χ1n) is 8.46. The average molecular weight is 410 g/mol. The van der Waals surface area contributed by atoms with E-state index in [2.05, 4.69) is 0 Å². The van der Waals surface area contributed by atoms with Crippen molar-refractivity contribution >= 4 is 33.3 Å². The second kappa shape index (κ2) is 7.78. The lowest BCUT2D eigenvalue weighted by molar-refractivity contribution is 0.0600. The number of carbonyl (C=O) groups excluding carboxylic acids is 1. The van der Waals surface area contributed by atoms with Gasteiger partial charge in [-0.1, -0.05) is 17.7 Å². The Morgan fingerprint density at radius 2 is 1.89 bits per heavy atom. The lowest BCUT2D eigenvalue weighted by Gasteiger charge is -2.26. The van der Waals surface area contributed by atoms with Crippen LogP contribution in [-0.2, 0) is 21.2 Å². The van der Waals surface area contributed by atoms with Gasteiger partial charge in [0.25, 0.3) is 10.0 Å². The Balaban J connectivity index is 2.17. The molecule has 0 bridgehead atoms. The van der Waals surface area contributed by atoms with E-state index >= 15 is 0 Å². The fraction of sp³-hybridized carbons (Fsp3) is 0.316. The molecule has 2 aromatic rings. The van der Waals surface area contributed by atoms with E-state index in [4.69, 9.17) is 21.1 Å². The number of aryl methyl sites for hydroxylation is 1. The Labute approximate surface area is 163 Å². The topological polar surface area (TPSA) is 72.9 Å². The fourth-order valence-corrected chi connectivity index (χ4v) is 5.12. The summed E-state index contributed by atoms with van der Waals surface area (Å²) < 4.78 is 38.3. The van der Waals surface area contributed by atoms with E-state index in [1.165, 1.54) is 30.7 Å². The summed E-state index contributed by atoms with van der Waals surface area (Å²) in [6.45, 7) is 0.301. The minimum Gasteiger partial charge on any atom is -0.495 e. The van der Waals surface area contributed by atoms with Gasteiger partial charge in [-0.15, -0.1) is 0 Å². The van der Waals surface area contributed by atoms with Crippen molar-refractivity contribution in [1.29, 1.82) is 0 Å². The van der Waals surface area contributed by atoms with Crippen molar-refractivity contribution in [2.75, 3.05) is 25.1 Å². The number of ether oxygens (including phenoxy) is 2. The Morgan fingerprint density at radius 1 is 1.11 bits per heavy atom. The summed E-state index contributed by atoms with van der Waals surface area (Å²) >= 11 is 6.04. The van der Waals surface area contributed by atoms with Gasteiger partial charge in [-0.05, 0) is 55.2 Å². The number of fused-ring (bicyclic) bond motifs is 1. The maximum atomic E-state index is 13.5. The number of carbonyl (C=O) groups is 1. The molecule has 8 heteroatoms. The van der Waals surface area contributed by atoms with Crippen molar-refractivity contribution in [1.82, 2.24) is 0 Å². The van der Waals surface area contributed by atoms with Crippen LogP contribution in [0.5, 0.6) is 5.75 Å². The monoisotopic (exact) mass is 409 g/mol. The molecule has 6 nitrogen and oxygen atoms in total. The molecular formula is C19H20ClNO5S. The molecule has 0 amide bonds. The number of esters is 1. The molecule has 0 radical (unpaired) electrons. The molecule has 0 atom stereocenters. The number of anilines is 1. The van der Waals surface area contributed by atoms with E-state index in [-0.39, 0.29) is 10.6 Å². The Bertz CT molecular complexity index is 974. The summed E-state index contributed by atoms with van der Waals surface area (Å²) in [6.07, 6.45) is 2.28. The molecule has 1 aliphatic heterocycles. The summed E-state index contributed by atoms with van der Waals surface area (Å²) in [5.74, 6) is -0.297. The molecule has 1 heterocycles. The number of sulfonamides is 1. The molecule has 1 aliphatic rings. The van der Waals surface area contributed by atoms with Gasteiger partial charge in [-0.25, -0.2) is 13.2 Å². The number of benzene rings is 2. The third-order valence-electron chi connectivity index (χ3n) is 4.53. The molecular weight excluding hydrogens is 390 g/mol. The van der Waals surface area contributed by atoms with Crippen molar-refractivity contribution in [2.24, 2.45) is 0 Å². The first kappa shape index (κ1) is 19.5. The van der Waals surface area contributed by atoms with Gasteiger partial charge in [0.05, 0.1) is 25.5 Å². The number of rotatable bonds is 4. The maximum absolute atomic E-state index is 13.5. The molecule has 27 heavy (non-hydrogen) atoms. The summed E-state index contributed by atoms with van der Waals surface area (Å²) in [5.41, 5.74) is 1.65. The third kappa shape index (κ3) is 3.75. The summed E-state index contributed by atoms with van der Waals surface area (Å²) in [5, 5.41) is 0.299. The van der Waals surface area contributed by atoms with E-state index in [0.717, 1.165) is 18.4 Å². The predicted octanol–water partition coefficient (Wildman–Crippen LogP) is 3.67. The highest BCUT2D eigenvalue weighted by Crippen LogP contribution is 2.36. The fourth-order valence-electron chi connectivity index (χ4n) is 3.16. The first-order valence-corrected chi connectivity index (χ1v) is 10.3. The van der Waals surface area contributed by atoms with Crippen LogP contribution in [0, 0.1) is 0 Å². The summed E-state index contributed by atoms with van der Waals surface area (Å²) in [6, 6.07) is 9.49. The summed E-state index contributed by atoms with van der Waals surface area (Å²) in [4.78, 5) is 11.9. The van der Waals surface area contributed by atoms with Crippen LogP contribution in [0.3, 0.4) is 0 Å². The highest BCUT2D eigenvalue weighted by atomic mass is 35.5. The smallest absolute Gasteiger partial charge is 0.337 e. The number of methoxy groups -OCH3 is 2. The zero-order valence-corrected chi connectivity index (χ0v) is 16.6. The molecule has 2 aromatic carbocycles. The van der Waals surface area contributed by atoms with Crippen LogP contribution in [0.15, 0.2) is 41.3 Å². The standard InChI is InChI=1S/C19H20ClNO5S/c1-25-17-9-8-15(20)12-18(17)27(23,24)21-10-4-3-5-13-6-7-14(11-16(13)21)19(22)26-2/h6-9,11-12H,3-5,10H2,1-2H3. The second-order valence-corrected chi connectivity index (χ2v) is 8.43. The minimum atomic E-state index is -3.94. The molecule has 144 valence electrons. The van der Waals surface area contributed by atoms with Crippen molar-refractivity contribution in [3.05, 3.63) is 52.5 Å². The van der Waals surface area contributed by atoms with Crippen molar-refractivity contribution in [3.63, 3.8) is 0 Å². The quantitative estimate of drug-likeness (QED) is 0.720. The van der Waals surface area contributed by atoms with Crippen LogP contribution in [0.25, 0.3) is 0 Å². The van der Waals surface area contributed by atoms with Crippen molar-refractivity contribution < 1.29 is 22.7 Å². The Kier molecular flexibility index (Phi) is 5.62. The van der Waals surface area contributed by atoms with Gasteiger partial charge in [-0.2, -0.15) is 0 Å². The van der Waals surface area contributed by atoms with Crippen LogP contribution >= 0.6 is 11.6 Å². The first-order chi connectivity index (χ1) is 12.9. The number of nitrogens with zero attached hydrogens (tertiary/aromatic N) is 1. The largest absolute Gasteiger partial charge is 0.495 e. The molecule has 0 spiro atoms. The van der Waals surface area contributed by atoms with Crippen LogP contribution in [0.1, 0.15) is 28.8 Å². The van der Waals surface area contributed by atoms with Crippen molar-refractivity contribution in [3.8, 4) is 5.75 Å². The van der Waals surface area contributed by atoms with E-state index < -0.39 is 16.0 Å². The minimum absolute atomic E-state index is 0.00572. The van der Waals surface area contributed by atoms with Gasteiger partial charge >= 0.3 is 5.97 Å². The average Bonchev–Trinajstić information content (AvgIpc) is 2.89. The zero-order chi connectivity index (χ0) is 19.6. The lowest BCUT2D eigenvalue weighted by Crippen LogP contribution is -2.32. The van der Waals surface area contributed by atoms with Crippen LogP contribution in [0.2, 0.25) is 5.02 Å². The molecule has 0 aromatic heterocycles. The van der Waals surface area contributed by atoms with Gasteiger partial charge in [-0.3, -0.25) is 4.31 Å². The van der Waals surface area contributed by atoms with Gasteiger partial charge in [0, 0.05) is 11.6 Å². The van der Waals surface area contributed by atoms with E-state index in [0.29, 0.717) is 29.2 Å². The van der Waals surface area contributed by atoms with E-state index in [1.807, 2.05) is 0 Å². The normalized spacial score (nSPS) is 14.3. The molecule has 3 rings (SSSR count). The maximum Gasteiger partial charge on any atom is 0.337 e. The van der Waals surface area contributed by atoms with Gasteiger partial charge < -0.3 is 9.47 Å². The summed E-state index contributed by atoms with van der Waals surface area (Å²) in [7, 11) is -1.24. The number of hydrogen-bond acceptors (Lipinski definition) is 5. The highest BCUT2D eigenvalue weighted by molar-refractivity contribution is 7.93. The number of hydrogen-bond donors (Lipinski definition) is 0. The zero-order valence-electron chi connectivity index (χ0n) is 15.1. The van der Waals surface area contributed by atoms with Crippen LogP contribution in [0.4, 0.5) is 5.69 Å². The lowest BCUT2D eigenvalue weighted by atomic mass is 10.1. The third-order valence-corrected chi connectivity index (χ3v) is 6.60. The molecule has 0 N–H and O–H groups in total. The second-order valence-electron chi connectivity index (χ2n) is 6.16. The van der Waals surface area contributed by atoms with E-state index in [1.54, 1.807) is 24.3 Å². The predicted molar refractivity (Wildman–Crippen MR) is 103 cm³/mol. The molecule has 0 unspecified atom stereocenters. The highest BCUT2D eigenvalue weighted by Gasteiger charge is 2.31. The van der Waals surface area contributed by atoms with Gasteiger partial charge in [0.15, 0.2) is 0 Å². The molecule has 0 fully saturated rings. The SMILES string of the molecule is COC(=O)c1ccc2c(c1)N(S(=O)(=O)c1cc(Cl)ccc1OC)CCCC2. The van der Waals surface area contributed by atoms with Crippen LogP contribution in [-0.4, -0.2) is 35.2 Å².